The van der Waals surface area contributed by atoms with Gasteiger partial charge in [0.25, 0.3) is 5.91 Å². The van der Waals surface area contributed by atoms with Gasteiger partial charge < -0.3 is 14.4 Å². The highest BCUT2D eigenvalue weighted by Crippen LogP contribution is 2.39. The first-order chi connectivity index (χ1) is 15.6. The molecule has 2 amide bonds. The van der Waals surface area contributed by atoms with E-state index in [2.05, 4.69) is 5.10 Å². The van der Waals surface area contributed by atoms with E-state index in [-0.39, 0.29) is 42.4 Å². The average molecular weight is 454 g/mol. The van der Waals surface area contributed by atoms with Crippen LogP contribution in [0, 0.1) is 11.2 Å². The molecule has 2 heterocycles. The Morgan fingerprint density at radius 1 is 1.12 bits per heavy atom. The molecule has 0 bridgehead atoms. The van der Waals surface area contributed by atoms with Gasteiger partial charge in [0.2, 0.25) is 12.7 Å². The molecule has 0 saturated heterocycles. The normalized spacial score (nSPS) is 17.2. The van der Waals surface area contributed by atoms with Gasteiger partial charge in [-0.1, -0.05) is 39.0 Å². The van der Waals surface area contributed by atoms with Gasteiger partial charge in [-0.25, -0.2) is 9.40 Å². The first-order valence-electron chi connectivity index (χ1n) is 10.9. The van der Waals surface area contributed by atoms with Crippen LogP contribution in [0.1, 0.15) is 50.8 Å². The second kappa shape index (κ2) is 8.84. The van der Waals surface area contributed by atoms with Crippen LogP contribution in [0.5, 0.6) is 11.5 Å². The summed E-state index contributed by atoms with van der Waals surface area (Å²) in [5.74, 6) is 0.544. The van der Waals surface area contributed by atoms with Crippen LogP contribution in [0.4, 0.5) is 4.39 Å². The van der Waals surface area contributed by atoms with Gasteiger partial charge in [-0.15, -0.1) is 0 Å². The summed E-state index contributed by atoms with van der Waals surface area (Å²) >= 11 is 0. The van der Waals surface area contributed by atoms with Crippen molar-refractivity contribution in [3.05, 3.63) is 59.4 Å². The summed E-state index contributed by atoms with van der Waals surface area (Å²) in [6.45, 7) is 6.02. The first kappa shape index (κ1) is 22.8. The number of fused-ring (bicyclic) bond motifs is 1. The highest BCUT2D eigenvalue weighted by molar-refractivity contribution is 6.03. The third kappa shape index (κ3) is 5.16. The summed E-state index contributed by atoms with van der Waals surface area (Å²) < 4.78 is 24.3. The fraction of sp³-hybridized carbons (Fsp3) is 0.400. The van der Waals surface area contributed by atoms with Crippen molar-refractivity contribution in [3.63, 3.8) is 0 Å². The number of halogens is 1. The minimum absolute atomic E-state index is 0.0871. The number of benzene rings is 2. The number of amides is 2. The molecule has 7 nitrogen and oxygen atoms in total. The summed E-state index contributed by atoms with van der Waals surface area (Å²) in [5, 5.41) is 6.02. The van der Waals surface area contributed by atoms with Crippen molar-refractivity contribution in [2.24, 2.45) is 10.5 Å². The van der Waals surface area contributed by atoms with Crippen molar-refractivity contribution < 1.29 is 23.5 Å². The lowest BCUT2D eigenvalue weighted by molar-refractivity contribution is -0.141. The van der Waals surface area contributed by atoms with Crippen LogP contribution in [0.3, 0.4) is 0 Å². The molecule has 0 saturated carbocycles. The topological polar surface area (TPSA) is 71.4 Å². The molecule has 0 aliphatic carbocycles. The Morgan fingerprint density at radius 2 is 1.82 bits per heavy atom. The minimum atomic E-state index is -0.377. The summed E-state index contributed by atoms with van der Waals surface area (Å²) in [4.78, 5) is 27.3. The van der Waals surface area contributed by atoms with Crippen molar-refractivity contribution in [2.45, 2.75) is 39.7 Å². The fourth-order valence-electron chi connectivity index (χ4n) is 3.89. The quantitative estimate of drug-likeness (QED) is 0.683. The van der Waals surface area contributed by atoms with Crippen LogP contribution in [0.2, 0.25) is 0 Å². The third-order valence-corrected chi connectivity index (χ3v) is 5.60. The molecule has 0 radical (unpaired) electrons. The van der Waals surface area contributed by atoms with E-state index < -0.39 is 0 Å². The molecule has 33 heavy (non-hydrogen) atoms. The maximum absolute atomic E-state index is 13.4. The van der Waals surface area contributed by atoms with Crippen LogP contribution in [-0.4, -0.2) is 47.8 Å². The van der Waals surface area contributed by atoms with Gasteiger partial charge in [-0.2, -0.15) is 5.10 Å². The zero-order valence-corrected chi connectivity index (χ0v) is 19.3. The molecule has 0 N–H and O–H groups in total. The fourth-order valence-corrected chi connectivity index (χ4v) is 3.89. The number of hydrazone groups is 1. The number of carbonyl (C=O) groups excluding carboxylic acids is 2. The third-order valence-electron chi connectivity index (χ3n) is 5.60. The Labute approximate surface area is 192 Å². The van der Waals surface area contributed by atoms with Crippen molar-refractivity contribution in [1.29, 1.82) is 0 Å². The maximum atomic E-state index is 13.4. The number of hydrogen-bond donors (Lipinski definition) is 0. The second-order valence-corrected chi connectivity index (χ2v) is 9.61. The Bertz CT molecular complexity index is 1090. The van der Waals surface area contributed by atoms with Crippen LogP contribution < -0.4 is 9.47 Å². The SMILES string of the molecule is CN(CC(=O)N1N=C(c2ccc(F)cc2)CC1c1ccc2c(c1)OCO2)C(=O)CC(C)(C)C. The molecule has 2 aliphatic heterocycles. The van der Waals surface area contributed by atoms with Gasteiger partial charge in [-0.05, 0) is 40.8 Å². The van der Waals surface area contributed by atoms with E-state index in [1.807, 2.05) is 39.0 Å². The monoisotopic (exact) mass is 453 g/mol. The van der Waals surface area contributed by atoms with Gasteiger partial charge in [0.05, 0.1) is 11.8 Å². The molecule has 0 spiro atoms. The molecule has 0 fully saturated rings. The smallest absolute Gasteiger partial charge is 0.262 e. The highest BCUT2D eigenvalue weighted by Gasteiger charge is 2.35. The average Bonchev–Trinajstić information content (AvgIpc) is 3.39. The lowest BCUT2D eigenvalue weighted by atomic mass is 9.92. The summed E-state index contributed by atoms with van der Waals surface area (Å²) in [5.41, 5.74) is 2.09. The lowest BCUT2D eigenvalue weighted by Crippen LogP contribution is -2.40. The number of hydrogen-bond acceptors (Lipinski definition) is 5. The van der Waals surface area contributed by atoms with Gasteiger partial charge in [0.15, 0.2) is 11.5 Å². The van der Waals surface area contributed by atoms with E-state index >= 15 is 0 Å². The predicted molar refractivity (Wildman–Crippen MR) is 121 cm³/mol. The zero-order chi connectivity index (χ0) is 23.8. The van der Waals surface area contributed by atoms with Crippen LogP contribution in [-0.2, 0) is 9.59 Å². The predicted octanol–water partition coefficient (Wildman–Crippen LogP) is 4.13. The molecule has 0 aromatic heterocycles. The number of ether oxygens (including phenoxy) is 2. The number of nitrogens with zero attached hydrogens (tertiary/aromatic N) is 3. The van der Waals surface area contributed by atoms with E-state index in [0.717, 1.165) is 11.1 Å². The minimum Gasteiger partial charge on any atom is -0.454 e. The van der Waals surface area contributed by atoms with E-state index in [1.165, 1.54) is 22.0 Å². The first-order valence-corrected chi connectivity index (χ1v) is 10.9. The Balaban J connectivity index is 1.59. The number of likely N-dealkylation sites (N-methyl/N-ethyl adjacent to an activating group) is 1. The molecule has 8 heteroatoms. The Hall–Kier alpha value is -3.42. The molecule has 174 valence electrons. The zero-order valence-electron chi connectivity index (χ0n) is 19.3. The largest absolute Gasteiger partial charge is 0.454 e. The van der Waals surface area contributed by atoms with E-state index in [4.69, 9.17) is 9.47 Å². The van der Waals surface area contributed by atoms with Crippen LogP contribution in [0.25, 0.3) is 0 Å². The molecule has 1 atom stereocenters. The Morgan fingerprint density at radius 3 is 2.52 bits per heavy atom. The molecule has 2 aromatic rings. The van der Waals surface area contributed by atoms with Gasteiger partial charge in [0.1, 0.15) is 12.4 Å². The second-order valence-electron chi connectivity index (χ2n) is 9.61. The van der Waals surface area contributed by atoms with E-state index in [9.17, 15) is 14.0 Å². The van der Waals surface area contributed by atoms with E-state index in [1.54, 1.807) is 19.2 Å². The maximum Gasteiger partial charge on any atom is 0.262 e. The van der Waals surface area contributed by atoms with Crippen molar-refractivity contribution >= 4 is 17.5 Å². The number of carbonyl (C=O) groups is 2. The van der Waals surface area contributed by atoms with Crippen LogP contribution in [0.15, 0.2) is 47.6 Å². The number of rotatable bonds is 5. The molecular weight excluding hydrogens is 425 g/mol. The molecular formula is C25H28FN3O4. The highest BCUT2D eigenvalue weighted by atomic mass is 19.1. The molecule has 2 aliphatic rings. The summed E-state index contributed by atoms with van der Waals surface area (Å²) in [6, 6.07) is 11.2. The van der Waals surface area contributed by atoms with Crippen molar-refractivity contribution in [3.8, 4) is 11.5 Å². The van der Waals surface area contributed by atoms with Gasteiger partial charge >= 0.3 is 0 Å². The van der Waals surface area contributed by atoms with Gasteiger partial charge in [0, 0.05) is 19.9 Å². The lowest BCUT2D eigenvalue weighted by Gasteiger charge is -2.26. The molecule has 1 unspecified atom stereocenters. The van der Waals surface area contributed by atoms with Crippen molar-refractivity contribution in [1.82, 2.24) is 9.91 Å². The van der Waals surface area contributed by atoms with Crippen LogP contribution >= 0.6 is 0 Å². The van der Waals surface area contributed by atoms with Crippen molar-refractivity contribution in [2.75, 3.05) is 20.4 Å². The standard InChI is InChI=1S/C25H28FN3O4/c1-25(2,3)13-23(30)28(4)14-24(31)29-20(17-7-10-21-22(11-17)33-15-32-21)12-19(27-29)16-5-8-18(26)9-6-16/h5-11,20H,12-15H2,1-4H3. The van der Waals surface area contributed by atoms with E-state index in [0.29, 0.717) is 30.1 Å². The Kier molecular flexibility index (Phi) is 6.10. The van der Waals surface area contributed by atoms with Gasteiger partial charge in [-0.3, -0.25) is 9.59 Å². The molecule has 4 rings (SSSR count). The summed E-state index contributed by atoms with van der Waals surface area (Å²) in [7, 11) is 1.63. The summed E-state index contributed by atoms with van der Waals surface area (Å²) in [6.07, 6.45) is 0.795. The molecule has 2 aromatic carbocycles.